The molecule has 0 bridgehead atoms. The van der Waals surface area contributed by atoms with Crippen molar-refractivity contribution in [3.8, 4) is 5.75 Å². The third-order valence-electron chi connectivity index (χ3n) is 3.35. The van der Waals surface area contributed by atoms with Gasteiger partial charge in [0.1, 0.15) is 5.75 Å². The monoisotopic (exact) mass is 318 g/mol. The molecule has 0 saturated heterocycles. The fraction of sp³-hybridized carbons (Fsp3) is 0.294. The molecule has 1 amide bonds. The van der Waals surface area contributed by atoms with Gasteiger partial charge in [-0.05, 0) is 48.7 Å². The molecule has 5 heteroatoms. The van der Waals surface area contributed by atoms with Gasteiger partial charge in [-0.2, -0.15) is 0 Å². The number of carbonyl (C=O) groups excluding carboxylic acids is 1. The van der Waals surface area contributed by atoms with Crippen LogP contribution < -0.4 is 4.74 Å². The number of nitrogens with zero attached hydrogens (tertiary/aromatic N) is 2. The molecular weight excluding hydrogens is 300 g/mol. The van der Waals surface area contributed by atoms with E-state index >= 15 is 0 Å². The second kappa shape index (κ2) is 7.80. The highest BCUT2D eigenvalue weighted by Crippen LogP contribution is 2.25. The molecule has 0 aliphatic rings. The van der Waals surface area contributed by atoms with Crippen LogP contribution in [0.2, 0.25) is 5.02 Å². The average molecular weight is 319 g/mol. The van der Waals surface area contributed by atoms with E-state index in [4.69, 9.17) is 16.3 Å². The molecule has 0 spiro atoms. The van der Waals surface area contributed by atoms with Crippen LogP contribution in [0.5, 0.6) is 5.75 Å². The number of rotatable bonds is 6. The fourth-order valence-electron chi connectivity index (χ4n) is 1.94. The molecule has 2 aromatic rings. The number of benzene rings is 1. The number of hydrogen-bond donors (Lipinski definition) is 0. The van der Waals surface area contributed by atoms with Crippen molar-refractivity contribution in [2.24, 2.45) is 0 Å². The number of aryl methyl sites for hydroxylation is 1. The molecule has 116 valence electrons. The number of carbonyl (C=O) groups is 1. The average Bonchev–Trinajstić information content (AvgIpc) is 2.54. The van der Waals surface area contributed by atoms with Gasteiger partial charge < -0.3 is 9.64 Å². The van der Waals surface area contributed by atoms with Crippen molar-refractivity contribution in [2.75, 3.05) is 20.2 Å². The summed E-state index contributed by atoms with van der Waals surface area (Å²) < 4.78 is 5.52. The molecule has 1 heterocycles. The van der Waals surface area contributed by atoms with Gasteiger partial charge >= 0.3 is 0 Å². The Balaban J connectivity index is 1.82. The summed E-state index contributed by atoms with van der Waals surface area (Å²) in [5.41, 5.74) is 2.19. The quantitative estimate of drug-likeness (QED) is 0.822. The van der Waals surface area contributed by atoms with Crippen LogP contribution in [0.15, 0.2) is 42.7 Å². The zero-order valence-electron chi connectivity index (χ0n) is 12.8. The summed E-state index contributed by atoms with van der Waals surface area (Å²) in [7, 11) is 1.77. The maximum absolute atomic E-state index is 12.1. The number of aromatic nitrogens is 1. The van der Waals surface area contributed by atoms with Gasteiger partial charge in [0.15, 0.2) is 6.61 Å². The van der Waals surface area contributed by atoms with E-state index in [1.165, 1.54) is 0 Å². The van der Waals surface area contributed by atoms with Gasteiger partial charge in [-0.25, -0.2) is 0 Å². The molecule has 2 rings (SSSR count). The van der Waals surface area contributed by atoms with Gasteiger partial charge in [0, 0.05) is 26.0 Å². The van der Waals surface area contributed by atoms with Gasteiger partial charge in [0.2, 0.25) is 0 Å². The third kappa shape index (κ3) is 4.74. The van der Waals surface area contributed by atoms with E-state index in [2.05, 4.69) is 4.98 Å². The molecular formula is C17H19ClN2O2. The first-order valence-corrected chi connectivity index (χ1v) is 7.46. The SMILES string of the molecule is Cc1ccc(Cl)c(OCC(=O)N(C)CCc2ccncc2)c1. The van der Waals surface area contributed by atoms with E-state index in [-0.39, 0.29) is 12.5 Å². The Morgan fingerprint density at radius 2 is 2.00 bits per heavy atom. The molecule has 0 aliphatic carbocycles. The van der Waals surface area contributed by atoms with Crippen molar-refractivity contribution in [1.29, 1.82) is 0 Å². The molecule has 0 fully saturated rings. The topological polar surface area (TPSA) is 42.4 Å². The van der Waals surface area contributed by atoms with Crippen molar-refractivity contribution in [3.05, 3.63) is 58.9 Å². The highest BCUT2D eigenvalue weighted by atomic mass is 35.5. The van der Waals surface area contributed by atoms with Gasteiger partial charge in [-0.15, -0.1) is 0 Å². The third-order valence-corrected chi connectivity index (χ3v) is 3.66. The summed E-state index contributed by atoms with van der Waals surface area (Å²) in [6, 6.07) is 9.39. The minimum atomic E-state index is -0.0772. The van der Waals surface area contributed by atoms with Gasteiger partial charge in [0.05, 0.1) is 5.02 Å². The van der Waals surface area contributed by atoms with Crippen molar-refractivity contribution in [3.63, 3.8) is 0 Å². The highest BCUT2D eigenvalue weighted by Gasteiger charge is 2.11. The lowest BCUT2D eigenvalue weighted by molar-refractivity contribution is -0.132. The van der Waals surface area contributed by atoms with E-state index in [9.17, 15) is 4.79 Å². The maximum atomic E-state index is 12.1. The summed E-state index contributed by atoms with van der Waals surface area (Å²) >= 11 is 6.04. The summed E-state index contributed by atoms with van der Waals surface area (Å²) in [4.78, 5) is 17.7. The first-order valence-electron chi connectivity index (χ1n) is 7.08. The van der Waals surface area contributed by atoms with Crippen LogP contribution in [0.4, 0.5) is 0 Å². The summed E-state index contributed by atoms with van der Waals surface area (Å²) in [5.74, 6) is 0.462. The van der Waals surface area contributed by atoms with Crippen LogP contribution in [0.3, 0.4) is 0 Å². The minimum Gasteiger partial charge on any atom is -0.482 e. The number of halogens is 1. The van der Waals surface area contributed by atoms with E-state index in [1.54, 1.807) is 30.4 Å². The Morgan fingerprint density at radius 3 is 2.73 bits per heavy atom. The van der Waals surface area contributed by atoms with E-state index in [1.807, 2.05) is 31.2 Å². The molecule has 0 radical (unpaired) electrons. The molecule has 0 aliphatic heterocycles. The molecule has 0 N–H and O–H groups in total. The lowest BCUT2D eigenvalue weighted by Gasteiger charge is -2.18. The Hall–Kier alpha value is -2.07. The molecule has 1 aromatic heterocycles. The van der Waals surface area contributed by atoms with Crippen molar-refractivity contribution < 1.29 is 9.53 Å². The van der Waals surface area contributed by atoms with Crippen LogP contribution in [0.1, 0.15) is 11.1 Å². The smallest absolute Gasteiger partial charge is 0.260 e. The maximum Gasteiger partial charge on any atom is 0.260 e. The Bertz CT molecular complexity index is 632. The predicted octanol–water partition coefficient (Wildman–Crippen LogP) is 3.12. The summed E-state index contributed by atoms with van der Waals surface area (Å²) in [6.45, 7) is 2.57. The van der Waals surface area contributed by atoms with Gasteiger partial charge in [0.25, 0.3) is 5.91 Å². The van der Waals surface area contributed by atoms with E-state index < -0.39 is 0 Å². The van der Waals surface area contributed by atoms with Crippen LogP contribution in [0.25, 0.3) is 0 Å². The Labute approximate surface area is 135 Å². The molecule has 0 atom stereocenters. The molecule has 0 saturated carbocycles. The highest BCUT2D eigenvalue weighted by molar-refractivity contribution is 6.32. The molecule has 22 heavy (non-hydrogen) atoms. The number of hydrogen-bond acceptors (Lipinski definition) is 3. The lowest BCUT2D eigenvalue weighted by atomic mass is 10.2. The Morgan fingerprint density at radius 1 is 1.27 bits per heavy atom. The van der Waals surface area contributed by atoms with E-state index in [0.29, 0.717) is 17.3 Å². The largest absolute Gasteiger partial charge is 0.482 e. The second-order valence-corrected chi connectivity index (χ2v) is 5.55. The number of amides is 1. The zero-order valence-corrected chi connectivity index (χ0v) is 13.5. The summed E-state index contributed by atoms with van der Waals surface area (Å²) in [5, 5.41) is 0.512. The van der Waals surface area contributed by atoms with Crippen LogP contribution in [-0.2, 0) is 11.2 Å². The van der Waals surface area contributed by atoms with Crippen molar-refractivity contribution in [2.45, 2.75) is 13.3 Å². The van der Waals surface area contributed by atoms with Gasteiger partial charge in [-0.1, -0.05) is 17.7 Å². The first-order chi connectivity index (χ1) is 10.6. The minimum absolute atomic E-state index is 0.0178. The fourth-order valence-corrected chi connectivity index (χ4v) is 2.11. The molecule has 0 unspecified atom stereocenters. The first kappa shape index (κ1) is 16.3. The normalized spacial score (nSPS) is 10.3. The predicted molar refractivity (Wildman–Crippen MR) is 87.3 cm³/mol. The Kier molecular flexibility index (Phi) is 5.78. The number of pyridine rings is 1. The van der Waals surface area contributed by atoms with Crippen molar-refractivity contribution >= 4 is 17.5 Å². The van der Waals surface area contributed by atoms with Crippen molar-refractivity contribution in [1.82, 2.24) is 9.88 Å². The van der Waals surface area contributed by atoms with Crippen LogP contribution >= 0.6 is 11.6 Å². The second-order valence-electron chi connectivity index (χ2n) is 5.14. The molecule has 1 aromatic carbocycles. The standard InChI is InChI=1S/C17H19ClN2O2/c1-13-3-4-15(18)16(11-13)22-12-17(21)20(2)10-7-14-5-8-19-9-6-14/h3-6,8-9,11H,7,10,12H2,1-2H3. The zero-order chi connectivity index (χ0) is 15.9. The van der Waals surface area contributed by atoms with Crippen LogP contribution in [0, 0.1) is 6.92 Å². The van der Waals surface area contributed by atoms with Crippen LogP contribution in [-0.4, -0.2) is 36.0 Å². The molecule has 4 nitrogen and oxygen atoms in total. The number of ether oxygens (including phenoxy) is 1. The van der Waals surface area contributed by atoms with Gasteiger partial charge in [-0.3, -0.25) is 9.78 Å². The summed E-state index contributed by atoms with van der Waals surface area (Å²) in [6.07, 6.45) is 4.29. The van der Waals surface area contributed by atoms with E-state index in [0.717, 1.165) is 17.5 Å². The lowest BCUT2D eigenvalue weighted by Crippen LogP contribution is -2.33. The number of likely N-dealkylation sites (N-methyl/N-ethyl adjacent to an activating group) is 1.